The van der Waals surface area contributed by atoms with Gasteiger partial charge >= 0.3 is 0 Å². The van der Waals surface area contributed by atoms with Gasteiger partial charge in [0.15, 0.2) is 0 Å². The van der Waals surface area contributed by atoms with Gasteiger partial charge in [-0.25, -0.2) is 0 Å². The number of fused-ring (bicyclic) bond motifs is 1. The van der Waals surface area contributed by atoms with Gasteiger partial charge in [-0.05, 0) is 49.5 Å². The second-order valence-corrected chi connectivity index (χ2v) is 5.18. The van der Waals surface area contributed by atoms with Gasteiger partial charge in [0.1, 0.15) is 6.54 Å². The lowest BCUT2D eigenvalue weighted by molar-refractivity contribution is -0.131. The van der Waals surface area contributed by atoms with Crippen molar-refractivity contribution in [3.8, 4) is 0 Å². The Kier molecular flexibility index (Phi) is 5.39. The molecule has 1 heterocycles. The molecule has 0 spiro atoms. The molecule has 114 valence electrons. The average Bonchev–Trinajstić information content (AvgIpc) is 2.89. The van der Waals surface area contributed by atoms with E-state index in [-0.39, 0.29) is 5.91 Å². The Morgan fingerprint density at radius 3 is 2.62 bits per heavy atom. The Morgan fingerprint density at radius 1 is 1.19 bits per heavy atom. The maximum Gasteiger partial charge on any atom is 0.242 e. The summed E-state index contributed by atoms with van der Waals surface area (Å²) in [5.41, 5.74) is 2.40. The molecule has 2 rings (SSSR count). The zero-order valence-corrected chi connectivity index (χ0v) is 13.2. The molecule has 4 nitrogen and oxygen atoms in total. The van der Waals surface area contributed by atoms with Crippen LogP contribution in [-0.2, 0) is 17.9 Å². The SMILES string of the molecule is CCNCc1ccc2c(ccn2CC(=O)N(CC)CC)c1. The zero-order valence-electron chi connectivity index (χ0n) is 13.2. The molecular weight excluding hydrogens is 262 g/mol. The van der Waals surface area contributed by atoms with Crippen molar-refractivity contribution < 1.29 is 4.79 Å². The summed E-state index contributed by atoms with van der Waals surface area (Å²) >= 11 is 0. The molecule has 1 N–H and O–H groups in total. The van der Waals surface area contributed by atoms with Crippen LogP contribution in [0.25, 0.3) is 10.9 Å². The minimum atomic E-state index is 0.175. The molecule has 0 aliphatic heterocycles. The fourth-order valence-corrected chi connectivity index (χ4v) is 2.59. The van der Waals surface area contributed by atoms with Gasteiger partial charge in [0.25, 0.3) is 0 Å². The van der Waals surface area contributed by atoms with Crippen molar-refractivity contribution in [3.05, 3.63) is 36.0 Å². The lowest BCUT2D eigenvalue weighted by atomic mass is 10.1. The van der Waals surface area contributed by atoms with E-state index in [2.05, 4.69) is 36.5 Å². The number of amides is 1. The number of carbonyl (C=O) groups is 1. The Bertz CT molecular complexity index is 599. The lowest BCUT2D eigenvalue weighted by Gasteiger charge is -2.19. The van der Waals surface area contributed by atoms with E-state index in [1.54, 1.807) is 0 Å². The monoisotopic (exact) mass is 287 g/mol. The van der Waals surface area contributed by atoms with Gasteiger partial charge in [0, 0.05) is 31.3 Å². The van der Waals surface area contributed by atoms with E-state index in [1.807, 2.05) is 29.5 Å². The fraction of sp³-hybridized carbons (Fsp3) is 0.471. The standard InChI is InChI=1S/C17H25N3O/c1-4-18-12-14-7-8-16-15(11-14)9-10-20(16)13-17(21)19(5-2)6-3/h7-11,18H,4-6,12-13H2,1-3H3. The molecule has 2 aromatic rings. The maximum absolute atomic E-state index is 12.2. The van der Waals surface area contributed by atoms with Gasteiger partial charge in [-0.1, -0.05) is 13.0 Å². The van der Waals surface area contributed by atoms with Crippen LogP contribution in [0.5, 0.6) is 0 Å². The number of likely N-dealkylation sites (N-methyl/N-ethyl adjacent to an activating group) is 1. The molecule has 1 aromatic heterocycles. The summed E-state index contributed by atoms with van der Waals surface area (Å²) in [7, 11) is 0. The van der Waals surface area contributed by atoms with E-state index in [0.717, 1.165) is 31.7 Å². The van der Waals surface area contributed by atoms with Crippen LogP contribution in [0.15, 0.2) is 30.5 Å². The molecule has 21 heavy (non-hydrogen) atoms. The molecule has 0 aliphatic carbocycles. The van der Waals surface area contributed by atoms with Crippen molar-refractivity contribution in [1.82, 2.24) is 14.8 Å². The Labute approximate surface area is 126 Å². The summed E-state index contributed by atoms with van der Waals surface area (Å²) in [6, 6.07) is 8.51. The summed E-state index contributed by atoms with van der Waals surface area (Å²) in [6.07, 6.45) is 2.00. The third-order valence-electron chi connectivity index (χ3n) is 3.84. The van der Waals surface area contributed by atoms with Crippen LogP contribution in [0.2, 0.25) is 0 Å². The second kappa shape index (κ2) is 7.27. The summed E-state index contributed by atoms with van der Waals surface area (Å²) in [4.78, 5) is 14.1. The number of carbonyl (C=O) groups excluding carboxylic acids is 1. The number of nitrogens with zero attached hydrogens (tertiary/aromatic N) is 2. The van der Waals surface area contributed by atoms with E-state index in [4.69, 9.17) is 0 Å². The average molecular weight is 287 g/mol. The molecule has 0 radical (unpaired) electrons. The summed E-state index contributed by atoms with van der Waals surface area (Å²) < 4.78 is 2.03. The van der Waals surface area contributed by atoms with Crippen molar-refractivity contribution in [2.45, 2.75) is 33.9 Å². The molecule has 0 atom stereocenters. The summed E-state index contributed by atoms with van der Waals surface area (Å²) in [6.45, 7) is 9.94. The number of hydrogen-bond donors (Lipinski definition) is 1. The minimum absolute atomic E-state index is 0.175. The third kappa shape index (κ3) is 3.64. The van der Waals surface area contributed by atoms with Crippen molar-refractivity contribution in [2.24, 2.45) is 0 Å². The zero-order chi connectivity index (χ0) is 15.2. The molecule has 0 bridgehead atoms. The van der Waals surface area contributed by atoms with Crippen LogP contribution < -0.4 is 5.32 Å². The van der Waals surface area contributed by atoms with Crippen LogP contribution in [0, 0.1) is 0 Å². The van der Waals surface area contributed by atoms with Crippen molar-refractivity contribution in [3.63, 3.8) is 0 Å². The minimum Gasteiger partial charge on any atom is -0.342 e. The van der Waals surface area contributed by atoms with Gasteiger partial charge in [0.2, 0.25) is 5.91 Å². The molecule has 1 aromatic carbocycles. The Hall–Kier alpha value is -1.81. The number of benzene rings is 1. The fourth-order valence-electron chi connectivity index (χ4n) is 2.59. The molecule has 0 unspecified atom stereocenters. The van der Waals surface area contributed by atoms with E-state index in [1.165, 1.54) is 10.9 Å². The van der Waals surface area contributed by atoms with Crippen molar-refractivity contribution in [1.29, 1.82) is 0 Å². The van der Waals surface area contributed by atoms with Crippen LogP contribution >= 0.6 is 0 Å². The molecule has 0 saturated carbocycles. The van der Waals surface area contributed by atoms with Crippen molar-refractivity contribution in [2.75, 3.05) is 19.6 Å². The number of hydrogen-bond acceptors (Lipinski definition) is 2. The lowest BCUT2D eigenvalue weighted by Crippen LogP contribution is -2.33. The maximum atomic E-state index is 12.2. The highest BCUT2D eigenvalue weighted by Crippen LogP contribution is 2.18. The van der Waals surface area contributed by atoms with E-state index in [9.17, 15) is 4.79 Å². The molecule has 0 fully saturated rings. The van der Waals surface area contributed by atoms with Crippen molar-refractivity contribution >= 4 is 16.8 Å². The van der Waals surface area contributed by atoms with Crippen LogP contribution in [0.4, 0.5) is 0 Å². The largest absolute Gasteiger partial charge is 0.342 e. The Morgan fingerprint density at radius 2 is 1.95 bits per heavy atom. The predicted octanol–water partition coefficient (Wildman–Crippen LogP) is 2.62. The first-order chi connectivity index (χ1) is 10.2. The number of aromatic nitrogens is 1. The highest BCUT2D eigenvalue weighted by atomic mass is 16.2. The molecule has 4 heteroatoms. The van der Waals surface area contributed by atoms with Gasteiger partial charge < -0.3 is 14.8 Å². The molecule has 0 saturated heterocycles. The number of nitrogens with one attached hydrogen (secondary N) is 1. The first-order valence-electron chi connectivity index (χ1n) is 7.75. The molecule has 0 aliphatic rings. The second-order valence-electron chi connectivity index (χ2n) is 5.18. The summed E-state index contributed by atoms with van der Waals surface area (Å²) in [5.74, 6) is 0.175. The van der Waals surface area contributed by atoms with E-state index in [0.29, 0.717) is 6.54 Å². The highest BCUT2D eigenvalue weighted by molar-refractivity contribution is 5.83. The quantitative estimate of drug-likeness (QED) is 0.850. The van der Waals surface area contributed by atoms with Crippen LogP contribution in [-0.4, -0.2) is 35.0 Å². The number of rotatable bonds is 7. The highest BCUT2D eigenvalue weighted by Gasteiger charge is 2.11. The topological polar surface area (TPSA) is 37.3 Å². The van der Waals surface area contributed by atoms with Gasteiger partial charge in [-0.15, -0.1) is 0 Å². The predicted molar refractivity (Wildman–Crippen MR) is 87.2 cm³/mol. The normalized spacial score (nSPS) is 11.0. The smallest absolute Gasteiger partial charge is 0.242 e. The van der Waals surface area contributed by atoms with Crippen LogP contribution in [0.1, 0.15) is 26.3 Å². The van der Waals surface area contributed by atoms with Gasteiger partial charge in [-0.3, -0.25) is 4.79 Å². The van der Waals surface area contributed by atoms with E-state index < -0.39 is 0 Å². The first-order valence-corrected chi connectivity index (χ1v) is 7.75. The summed E-state index contributed by atoms with van der Waals surface area (Å²) in [5, 5.41) is 4.52. The Balaban J connectivity index is 2.16. The molecular formula is C17H25N3O. The van der Waals surface area contributed by atoms with E-state index >= 15 is 0 Å². The van der Waals surface area contributed by atoms with Crippen LogP contribution in [0.3, 0.4) is 0 Å². The first kappa shape index (κ1) is 15.6. The third-order valence-corrected chi connectivity index (χ3v) is 3.84. The van der Waals surface area contributed by atoms with Gasteiger partial charge in [-0.2, -0.15) is 0 Å². The van der Waals surface area contributed by atoms with Gasteiger partial charge in [0.05, 0.1) is 0 Å². The molecule has 1 amide bonds.